The van der Waals surface area contributed by atoms with E-state index in [0.29, 0.717) is 12.0 Å². The number of aryl methyl sites for hydroxylation is 1. The Labute approximate surface area is 132 Å². The quantitative estimate of drug-likeness (QED) is 0.827. The maximum absolute atomic E-state index is 14.2. The van der Waals surface area contributed by atoms with E-state index in [0.717, 1.165) is 29.8 Å². The monoisotopic (exact) mass is 354 g/mol. The lowest BCUT2D eigenvalue weighted by atomic mass is 10.0. The minimum absolute atomic E-state index is 0.134. The lowest BCUT2D eigenvalue weighted by molar-refractivity contribution is 0.477. The van der Waals surface area contributed by atoms with Crippen molar-refractivity contribution in [3.05, 3.63) is 46.2 Å². The molecule has 0 fully saturated rings. The van der Waals surface area contributed by atoms with E-state index < -0.39 is 0 Å². The van der Waals surface area contributed by atoms with Crippen molar-refractivity contribution in [2.75, 3.05) is 6.54 Å². The average molecular weight is 355 g/mol. The van der Waals surface area contributed by atoms with Crippen LogP contribution in [0.1, 0.15) is 37.7 Å². The Kier molecular flexibility index (Phi) is 5.87. The molecule has 2 aromatic rings. The van der Waals surface area contributed by atoms with Gasteiger partial charge in [0.05, 0.1) is 0 Å². The van der Waals surface area contributed by atoms with E-state index in [1.54, 1.807) is 12.4 Å². The van der Waals surface area contributed by atoms with Gasteiger partial charge < -0.3 is 5.32 Å². The molecule has 1 atom stereocenters. The molecule has 1 heterocycles. The fraction of sp³-hybridized carbons (Fsp3) is 0.467. The Morgan fingerprint density at radius 2 is 2.19 bits per heavy atom. The van der Waals surface area contributed by atoms with Crippen molar-refractivity contribution < 1.29 is 4.39 Å². The normalized spacial score (nSPS) is 12.6. The minimum Gasteiger partial charge on any atom is -0.310 e. The Balaban J connectivity index is 2.29. The van der Waals surface area contributed by atoms with Gasteiger partial charge in [0.15, 0.2) is 0 Å². The number of nitrogens with zero attached hydrogens (tertiary/aromatic N) is 3. The predicted molar refractivity (Wildman–Crippen MR) is 84.5 cm³/mol. The fourth-order valence-corrected chi connectivity index (χ4v) is 3.01. The van der Waals surface area contributed by atoms with Crippen LogP contribution in [0.25, 0.3) is 0 Å². The topological polar surface area (TPSA) is 42.7 Å². The molecule has 0 aliphatic rings. The van der Waals surface area contributed by atoms with Gasteiger partial charge >= 0.3 is 0 Å². The Hall–Kier alpha value is -1.27. The Bertz CT molecular complexity index is 565. The molecule has 0 spiro atoms. The van der Waals surface area contributed by atoms with E-state index in [4.69, 9.17) is 0 Å². The molecule has 0 aliphatic heterocycles. The number of hydrogen-bond donors (Lipinski definition) is 1. The van der Waals surface area contributed by atoms with Crippen LogP contribution in [0.5, 0.6) is 0 Å². The van der Waals surface area contributed by atoms with Crippen LogP contribution in [-0.4, -0.2) is 21.3 Å². The van der Waals surface area contributed by atoms with Crippen LogP contribution in [0.3, 0.4) is 0 Å². The third-order valence-electron chi connectivity index (χ3n) is 3.32. The van der Waals surface area contributed by atoms with Gasteiger partial charge in [-0.05, 0) is 25.1 Å². The predicted octanol–water partition coefficient (Wildman–Crippen LogP) is 3.48. The third-order valence-corrected chi connectivity index (χ3v) is 4.01. The number of aromatic nitrogens is 3. The van der Waals surface area contributed by atoms with E-state index in [-0.39, 0.29) is 11.9 Å². The number of hydrogen-bond acceptors (Lipinski definition) is 3. The van der Waals surface area contributed by atoms with Gasteiger partial charge in [-0.15, -0.1) is 0 Å². The summed E-state index contributed by atoms with van der Waals surface area (Å²) in [7, 11) is 0. The second kappa shape index (κ2) is 7.66. The molecule has 4 nitrogen and oxygen atoms in total. The maximum atomic E-state index is 14.2. The minimum atomic E-state index is -0.211. The second-order valence-electron chi connectivity index (χ2n) is 4.85. The van der Waals surface area contributed by atoms with Crippen molar-refractivity contribution in [1.82, 2.24) is 20.1 Å². The van der Waals surface area contributed by atoms with E-state index in [2.05, 4.69) is 38.3 Å². The van der Waals surface area contributed by atoms with Gasteiger partial charge in [0.2, 0.25) is 0 Å². The highest BCUT2D eigenvalue weighted by Crippen LogP contribution is 2.28. The van der Waals surface area contributed by atoms with Crippen molar-refractivity contribution in [1.29, 1.82) is 0 Å². The first-order chi connectivity index (χ1) is 10.2. The highest BCUT2D eigenvalue weighted by atomic mass is 79.9. The highest BCUT2D eigenvalue weighted by Gasteiger charge is 2.20. The number of rotatable bonds is 7. The van der Waals surface area contributed by atoms with Crippen molar-refractivity contribution >= 4 is 15.9 Å². The third kappa shape index (κ3) is 3.89. The molecular weight excluding hydrogens is 335 g/mol. The molecule has 0 radical (unpaired) electrons. The molecule has 0 saturated heterocycles. The van der Waals surface area contributed by atoms with Crippen LogP contribution in [0.15, 0.2) is 29.0 Å². The lowest BCUT2D eigenvalue weighted by Gasteiger charge is -2.20. The SMILES string of the molecule is CCCn1ncnc1CC(NCC)c1c(F)cccc1Br. The zero-order valence-electron chi connectivity index (χ0n) is 12.3. The van der Waals surface area contributed by atoms with Crippen molar-refractivity contribution in [2.45, 2.75) is 39.3 Å². The first kappa shape index (κ1) is 16.1. The smallest absolute Gasteiger partial charge is 0.138 e. The number of nitrogens with one attached hydrogen (secondary N) is 1. The Morgan fingerprint density at radius 3 is 2.86 bits per heavy atom. The van der Waals surface area contributed by atoms with Crippen LogP contribution >= 0.6 is 15.9 Å². The average Bonchev–Trinajstić information content (AvgIpc) is 2.86. The molecule has 1 unspecified atom stereocenters. The van der Waals surface area contributed by atoms with E-state index in [1.807, 2.05) is 17.7 Å². The number of likely N-dealkylation sites (N-methyl/N-ethyl adjacent to an activating group) is 1. The van der Waals surface area contributed by atoms with Gasteiger partial charge in [0.25, 0.3) is 0 Å². The molecule has 0 saturated carbocycles. The molecule has 1 aromatic carbocycles. The molecule has 0 amide bonds. The molecule has 2 rings (SSSR count). The summed E-state index contributed by atoms with van der Waals surface area (Å²) in [6.45, 7) is 5.69. The van der Waals surface area contributed by atoms with Crippen LogP contribution in [0.4, 0.5) is 4.39 Å². The summed E-state index contributed by atoms with van der Waals surface area (Å²) in [4.78, 5) is 4.32. The summed E-state index contributed by atoms with van der Waals surface area (Å²) in [6.07, 6.45) is 3.16. The second-order valence-corrected chi connectivity index (χ2v) is 5.70. The summed E-state index contributed by atoms with van der Waals surface area (Å²) in [6, 6.07) is 4.91. The van der Waals surface area contributed by atoms with Crippen LogP contribution < -0.4 is 5.32 Å². The first-order valence-electron chi connectivity index (χ1n) is 7.21. The largest absolute Gasteiger partial charge is 0.310 e. The Morgan fingerprint density at radius 1 is 1.38 bits per heavy atom. The summed E-state index contributed by atoms with van der Waals surface area (Å²) in [5, 5.41) is 7.57. The summed E-state index contributed by atoms with van der Waals surface area (Å²) < 4.78 is 16.8. The van der Waals surface area contributed by atoms with Gasteiger partial charge in [0.1, 0.15) is 18.0 Å². The van der Waals surface area contributed by atoms with Crippen molar-refractivity contribution in [3.63, 3.8) is 0 Å². The van der Waals surface area contributed by atoms with Crippen molar-refractivity contribution in [2.24, 2.45) is 0 Å². The van der Waals surface area contributed by atoms with Crippen LogP contribution in [-0.2, 0) is 13.0 Å². The zero-order chi connectivity index (χ0) is 15.2. The molecule has 1 N–H and O–H groups in total. The molecule has 1 aromatic heterocycles. The van der Waals surface area contributed by atoms with E-state index in [1.165, 1.54) is 6.07 Å². The van der Waals surface area contributed by atoms with Gasteiger partial charge in [0, 0.05) is 29.0 Å². The summed E-state index contributed by atoms with van der Waals surface area (Å²) >= 11 is 3.45. The van der Waals surface area contributed by atoms with Gasteiger partial charge in [-0.3, -0.25) is 4.68 Å². The number of halogens is 2. The zero-order valence-corrected chi connectivity index (χ0v) is 13.9. The highest BCUT2D eigenvalue weighted by molar-refractivity contribution is 9.10. The molecular formula is C15H20BrFN4. The fourth-order valence-electron chi connectivity index (χ4n) is 2.39. The van der Waals surface area contributed by atoms with Gasteiger partial charge in [-0.2, -0.15) is 5.10 Å². The van der Waals surface area contributed by atoms with Crippen LogP contribution in [0.2, 0.25) is 0 Å². The molecule has 21 heavy (non-hydrogen) atoms. The van der Waals surface area contributed by atoms with Crippen LogP contribution in [0, 0.1) is 5.82 Å². The van der Waals surface area contributed by atoms with E-state index in [9.17, 15) is 4.39 Å². The maximum Gasteiger partial charge on any atom is 0.138 e. The molecule has 0 bridgehead atoms. The molecule has 114 valence electrons. The van der Waals surface area contributed by atoms with Gasteiger partial charge in [-0.25, -0.2) is 9.37 Å². The lowest BCUT2D eigenvalue weighted by Crippen LogP contribution is -2.26. The standard InChI is InChI=1S/C15H20BrFN4/c1-3-8-21-14(19-10-20-21)9-13(18-4-2)15-11(16)6-5-7-12(15)17/h5-7,10,13,18H,3-4,8-9H2,1-2H3. The molecule has 6 heteroatoms. The summed E-state index contributed by atoms with van der Waals surface area (Å²) in [5.74, 6) is 0.662. The number of benzene rings is 1. The molecule has 0 aliphatic carbocycles. The first-order valence-corrected chi connectivity index (χ1v) is 8.00. The van der Waals surface area contributed by atoms with E-state index >= 15 is 0 Å². The van der Waals surface area contributed by atoms with Gasteiger partial charge in [-0.1, -0.05) is 35.8 Å². The van der Waals surface area contributed by atoms with Crippen molar-refractivity contribution in [3.8, 4) is 0 Å². The summed E-state index contributed by atoms with van der Waals surface area (Å²) in [5.41, 5.74) is 0.644.